The summed E-state index contributed by atoms with van der Waals surface area (Å²) in [7, 11) is 3.97. The van der Waals surface area contributed by atoms with Crippen LogP contribution in [0.1, 0.15) is 5.56 Å². The lowest BCUT2D eigenvalue weighted by atomic mass is 10.1. The minimum atomic E-state index is -0.368. The van der Waals surface area contributed by atoms with Gasteiger partial charge in [0.1, 0.15) is 18.2 Å². The summed E-state index contributed by atoms with van der Waals surface area (Å²) in [6.07, 6.45) is 0.00770. The summed E-state index contributed by atoms with van der Waals surface area (Å²) < 4.78 is 19.1. The number of carbonyl (C=O) groups excluding carboxylic acids is 1. The van der Waals surface area contributed by atoms with Gasteiger partial charge in [-0.1, -0.05) is 18.2 Å². The summed E-state index contributed by atoms with van der Waals surface area (Å²) in [5, 5.41) is 2.75. The van der Waals surface area contributed by atoms with Crippen LogP contribution in [0.5, 0.6) is 5.75 Å². The summed E-state index contributed by atoms with van der Waals surface area (Å²) in [5.41, 5.74) is 1.04. The van der Waals surface area contributed by atoms with Crippen molar-refractivity contribution in [3.63, 3.8) is 0 Å². The maximum atomic E-state index is 13.5. The molecule has 2 aromatic rings. The second kappa shape index (κ2) is 8.29. The summed E-state index contributed by atoms with van der Waals surface area (Å²) >= 11 is 0. The molecule has 0 spiro atoms. The molecule has 0 saturated carbocycles. The van der Waals surface area contributed by atoms with Crippen LogP contribution in [-0.2, 0) is 11.2 Å². The van der Waals surface area contributed by atoms with Gasteiger partial charge in [0.2, 0.25) is 5.91 Å². The number of halogens is 1. The number of hydrogen-bond acceptors (Lipinski definition) is 3. The van der Waals surface area contributed by atoms with Gasteiger partial charge in [-0.3, -0.25) is 4.79 Å². The van der Waals surface area contributed by atoms with Crippen LogP contribution in [0, 0.1) is 5.82 Å². The quantitative estimate of drug-likeness (QED) is 0.854. The van der Waals surface area contributed by atoms with Crippen LogP contribution in [0.3, 0.4) is 0 Å². The van der Waals surface area contributed by atoms with Crippen molar-refractivity contribution in [3.05, 3.63) is 59.9 Å². The average molecular weight is 316 g/mol. The molecule has 0 saturated heterocycles. The second-order valence-corrected chi connectivity index (χ2v) is 5.49. The first kappa shape index (κ1) is 17.0. The summed E-state index contributed by atoms with van der Waals surface area (Å²) in [6.45, 7) is 1.44. The molecule has 0 aromatic heterocycles. The predicted molar refractivity (Wildman–Crippen MR) is 89.2 cm³/mol. The molecule has 2 rings (SSSR count). The number of ether oxygens (including phenoxy) is 1. The van der Waals surface area contributed by atoms with Crippen molar-refractivity contribution in [2.45, 2.75) is 6.42 Å². The Bertz CT molecular complexity index is 642. The van der Waals surface area contributed by atoms with Crippen molar-refractivity contribution in [1.82, 2.24) is 4.90 Å². The number of likely N-dealkylation sites (N-methyl/N-ethyl adjacent to an activating group) is 1. The SMILES string of the molecule is CN(C)CCOc1ccc(NC(=O)Cc2ccccc2F)cc1. The fourth-order valence-electron chi connectivity index (χ4n) is 2.00. The minimum Gasteiger partial charge on any atom is -0.492 e. The summed E-state index contributed by atoms with van der Waals surface area (Å²) in [4.78, 5) is 14.0. The molecule has 0 heterocycles. The van der Waals surface area contributed by atoms with E-state index < -0.39 is 0 Å². The van der Waals surface area contributed by atoms with E-state index >= 15 is 0 Å². The molecule has 0 aliphatic carbocycles. The summed E-state index contributed by atoms with van der Waals surface area (Å²) in [5.74, 6) is 0.127. The Kier molecular flexibility index (Phi) is 6.11. The zero-order valence-corrected chi connectivity index (χ0v) is 13.4. The monoisotopic (exact) mass is 316 g/mol. The van der Waals surface area contributed by atoms with Crippen LogP contribution in [0.2, 0.25) is 0 Å². The van der Waals surface area contributed by atoms with Crippen molar-refractivity contribution in [2.24, 2.45) is 0 Å². The van der Waals surface area contributed by atoms with Crippen molar-refractivity contribution in [2.75, 3.05) is 32.6 Å². The molecule has 0 aliphatic rings. The number of rotatable bonds is 7. The van der Waals surface area contributed by atoms with Gasteiger partial charge in [-0.2, -0.15) is 0 Å². The van der Waals surface area contributed by atoms with E-state index in [1.54, 1.807) is 42.5 Å². The highest BCUT2D eigenvalue weighted by Crippen LogP contribution is 2.16. The third kappa shape index (κ3) is 5.71. The molecule has 2 aromatic carbocycles. The van der Waals surface area contributed by atoms with Gasteiger partial charge in [0.25, 0.3) is 0 Å². The third-order valence-electron chi connectivity index (χ3n) is 3.25. The lowest BCUT2D eigenvalue weighted by Crippen LogP contribution is -2.19. The Morgan fingerprint density at radius 1 is 1.13 bits per heavy atom. The van der Waals surface area contributed by atoms with Crippen LogP contribution >= 0.6 is 0 Å². The van der Waals surface area contributed by atoms with E-state index in [-0.39, 0.29) is 18.1 Å². The first-order chi connectivity index (χ1) is 11.0. The van der Waals surface area contributed by atoms with Crippen LogP contribution < -0.4 is 10.1 Å². The highest BCUT2D eigenvalue weighted by atomic mass is 19.1. The molecular formula is C18H21FN2O2. The highest BCUT2D eigenvalue weighted by molar-refractivity contribution is 5.92. The molecule has 4 nitrogen and oxygen atoms in total. The number of nitrogens with zero attached hydrogens (tertiary/aromatic N) is 1. The van der Waals surface area contributed by atoms with Crippen molar-refractivity contribution in [1.29, 1.82) is 0 Å². The van der Waals surface area contributed by atoms with Crippen molar-refractivity contribution in [3.8, 4) is 5.75 Å². The lowest BCUT2D eigenvalue weighted by molar-refractivity contribution is -0.115. The van der Waals surface area contributed by atoms with Gasteiger partial charge in [-0.15, -0.1) is 0 Å². The largest absolute Gasteiger partial charge is 0.492 e. The van der Waals surface area contributed by atoms with E-state index in [2.05, 4.69) is 5.32 Å². The van der Waals surface area contributed by atoms with E-state index in [1.807, 2.05) is 19.0 Å². The van der Waals surface area contributed by atoms with Crippen molar-refractivity contribution < 1.29 is 13.9 Å². The van der Waals surface area contributed by atoms with E-state index in [4.69, 9.17) is 4.74 Å². The Morgan fingerprint density at radius 2 is 1.83 bits per heavy atom. The Morgan fingerprint density at radius 3 is 2.48 bits per heavy atom. The first-order valence-electron chi connectivity index (χ1n) is 7.45. The van der Waals surface area contributed by atoms with E-state index in [9.17, 15) is 9.18 Å². The maximum Gasteiger partial charge on any atom is 0.228 e. The average Bonchev–Trinajstić information content (AvgIpc) is 2.51. The van der Waals surface area contributed by atoms with Crippen LogP contribution in [0.4, 0.5) is 10.1 Å². The second-order valence-electron chi connectivity index (χ2n) is 5.49. The zero-order valence-electron chi connectivity index (χ0n) is 13.4. The predicted octanol–water partition coefficient (Wildman–Crippen LogP) is 2.95. The van der Waals surface area contributed by atoms with Crippen molar-refractivity contribution >= 4 is 11.6 Å². The maximum absolute atomic E-state index is 13.5. The molecule has 0 fully saturated rings. The fourth-order valence-corrected chi connectivity index (χ4v) is 2.00. The topological polar surface area (TPSA) is 41.6 Å². The summed E-state index contributed by atoms with van der Waals surface area (Å²) in [6, 6.07) is 13.4. The van der Waals surface area contributed by atoms with E-state index in [1.165, 1.54) is 6.07 Å². The molecule has 1 amide bonds. The molecule has 122 valence electrons. The number of benzene rings is 2. The first-order valence-corrected chi connectivity index (χ1v) is 7.45. The fraction of sp³-hybridized carbons (Fsp3) is 0.278. The van der Waals surface area contributed by atoms with Gasteiger partial charge in [0.15, 0.2) is 0 Å². The normalized spacial score (nSPS) is 10.6. The number of nitrogens with one attached hydrogen (secondary N) is 1. The highest BCUT2D eigenvalue weighted by Gasteiger charge is 2.08. The standard InChI is InChI=1S/C18H21FN2O2/c1-21(2)11-12-23-16-9-7-15(8-10-16)20-18(22)13-14-5-3-4-6-17(14)19/h3-10H,11-13H2,1-2H3,(H,20,22). The van der Waals surface area contributed by atoms with Gasteiger partial charge >= 0.3 is 0 Å². The molecule has 0 radical (unpaired) electrons. The molecule has 0 atom stereocenters. The molecule has 0 unspecified atom stereocenters. The number of hydrogen-bond donors (Lipinski definition) is 1. The molecule has 0 aliphatic heterocycles. The number of anilines is 1. The van der Waals surface area contributed by atoms with Gasteiger partial charge in [0.05, 0.1) is 6.42 Å². The van der Waals surface area contributed by atoms with E-state index in [0.29, 0.717) is 17.9 Å². The van der Waals surface area contributed by atoms with Gasteiger partial charge < -0.3 is 15.0 Å². The van der Waals surface area contributed by atoms with Gasteiger partial charge in [-0.05, 0) is 50.0 Å². The Labute approximate surface area is 135 Å². The minimum absolute atomic E-state index is 0.00770. The molecular weight excluding hydrogens is 295 g/mol. The molecule has 5 heteroatoms. The number of carbonyl (C=O) groups is 1. The van der Waals surface area contributed by atoms with Crippen LogP contribution in [0.15, 0.2) is 48.5 Å². The zero-order chi connectivity index (χ0) is 16.7. The Balaban J connectivity index is 1.85. The third-order valence-corrected chi connectivity index (χ3v) is 3.25. The Hall–Kier alpha value is -2.40. The van der Waals surface area contributed by atoms with E-state index in [0.717, 1.165) is 12.3 Å². The molecule has 1 N–H and O–H groups in total. The molecule has 0 bridgehead atoms. The van der Waals surface area contributed by atoms with Crippen LogP contribution in [-0.4, -0.2) is 38.1 Å². The number of amides is 1. The van der Waals surface area contributed by atoms with Gasteiger partial charge in [-0.25, -0.2) is 4.39 Å². The van der Waals surface area contributed by atoms with Crippen LogP contribution in [0.25, 0.3) is 0 Å². The smallest absolute Gasteiger partial charge is 0.228 e. The lowest BCUT2D eigenvalue weighted by Gasteiger charge is -2.11. The van der Waals surface area contributed by atoms with Gasteiger partial charge in [0, 0.05) is 12.2 Å². The molecule has 23 heavy (non-hydrogen) atoms.